The maximum absolute atomic E-state index is 12.9. The fraction of sp³-hybridized carbons (Fsp3) is 0.930. The monoisotopic (exact) mass is 1090 g/mol. The van der Waals surface area contributed by atoms with Gasteiger partial charge >= 0.3 is 17.9 Å². The van der Waals surface area contributed by atoms with Crippen LogP contribution >= 0.6 is 0 Å². The van der Waals surface area contributed by atoms with Crippen molar-refractivity contribution in [3.63, 3.8) is 0 Å². The zero-order chi connectivity index (χ0) is 55.7. The van der Waals surface area contributed by atoms with Gasteiger partial charge in [-0.25, -0.2) is 0 Å². The maximum Gasteiger partial charge on any atom is 0.306 e. The van der Waals surface area contributed by atoms with Crippen molar-refractivity contribution in [3.05, 3.63) is 12.2 Å². The summed E-state index contributed by atoms with van der Waals surface area (Å²) in [5, 5.41) is 0. The molecule has 0 N–H and O–H groups in total. The average Bonchev–Trinajstić information content (AvgIpc) is 3.43. The van der Waals surface area contributed by atoms with E-state index in [1.165, 1.54) is 308 Å². The topological polar surface area (TPSA) is 78.9 Å². The fourth-order valence-electron chi connectivity index (χ4n) is 11.0. The van der Waals surface area contributed by atoms with Gasteiger partial charge in [0.2, 0.25) is 0 Å². The number of esters is 3. The van der Waals surface area contributed by atoms with Crippen molar-refractivity contribution in [1.82, 2.24) is 0 Å². The molecule has 77 heavy (non-hydrogen) atoms. The van der Waals surface area contributed by atoms with Gasteiger partial charge in [0.1, 0.15) is 13.2 Å². The van der Waals surface area contributed by atoms with Crippen LogP contribution in [0.15, 0.2) is 12.2 Å². The van der Waals surface area contributed by atoms with Crippen molar-refractivity contribution in [2.45, 2.75) is 412 Å². The number of allylic oxidation sites excluding steroid dienone is 2. The molecule has 0 aliphatic rings. The molecule has 1 atom stereocenters. The van der Waals surface area contributed by atoms with Crippen molar-refractivity contribution >= 4 is 17.9 Å². The maximum atomic E-state index is 12.9. The Labute approximate surface area is 481 Å². The van der Waals surface area contributed by atoms with Crippen LogP contribution in [0.2, 0.25) is 0 Å². The molecule has 0 aromatic rings. The van der Waals surface area contributed by atoms with Crippen LogP contribution in [-0.2, 0) is 28.6 Å². The van der Waals surface area contributed by atoms with E-state index in [2.05, 4.69) is 32.9 Å². The molecule has 0 spiro atoms. The molecule has 0 rings (SSSR count). The van der Waals surface area contributed by atoms with E-state index in [4.69, 9.17) is 14.2 Å². The van der Waals surface area contributed by atoms with Crippen LogP contribution in [0.5, 0.6) is 0 Å². The molecule has 0 radical (unpaired) electrons. The Bertz CT molecular complexity index is 1200. The van der Waals surface area contributed by atoms with E-state index in [-0.39, 0.29) is 31.1 Å². The highest BCUT2D eigenvalue weighted by atomic mass is 16.6. The molecule has 0 fully saturated rings. The van der Waals surface area contributed by atoms with E-state index in [1.807, 2.05) is 0 Å². The Hall–Kier alpha value is -1.85. The number of hydrogen-bond acceptors (Lipinski definition) is 6. The first-order chi connectivity index (χ1) is 38.0. The first-order valence-corrected chi connectivity index (χ1v) is 35.2. The molecule has 0 bridgehead atoms. The van der Waals surface area contributed by atoms with Gasteiger partial charge in [-0.15, -0.1) is 0 Å². The predicted molar refractivity (Wildman–Crippen MR) is 335 cm³/mol. The Balaban J connectivity index is 4.09. The predicted octanol–water partition coefficient (Wildman–Crippen LogP) is 24.0. The van der Waals surface area contributed by atoms with Gasteiger partial charge in [-0.05, 0) is 44.9 Å². The fourth-order valence-corrected chi connectivity index (χ4v) is 11.0. The second-order valence-corrected chi connectivity index (χ2v) is 24.2. The van der Waals surface area contributed by atoms with Gasteiger partial charge in [0.15, 0.2) is 6.10 Å². The van der Waals surface area contributed by atoms with Crippen LogP contribution in [0.3, 0.4) is 0 Å². The Morgan fingerprint density at radius 2 is 0.429 bits per heavy atom. The van der Waals surface area contributed by atoms with Crippen LogP contribution in [0, 0.1) is 0 Å². The summed E-state index contributed by atoms with van der Waals surface area (Å²) in [5.74, 6) is -0.833. The van der Waals surface area contributed by atoms with Crippen molar-refractivity contribution in [2.75, 3.05) is 13.2 Å². The van der Waals surface area contributed by atoms with Gasteiger partial charge in [0.05, 0.1) is 0 Å². The van der Waals surface area contributed by atoms with Crippen LogP contribution in [0.1, 0.15) is 406 Å². The summed E-state index contributed by atoms with van der Waals surface area (Å²) in [4.78, 5) is 38.3. The van der Waals surface area contributed by atoms with Gasteiger partial charge < -0.3 is 14.2 Å². The molecule has 1 unspecified atom stereocenters. The highest BCUT2D eigenvalue weighted by Gasteiger charge is 2.19. The highest BCUT2D eigenvalue weighted by Crippen LogP contribution is 2.19. The summed E-state index contributed by atoms with van der Waals surface area (Å²) in [6, 6.07) is 0. The lowest BCUT2D eigenvalue weighted by atomic mass is 10.0. The minimum absolute atomic E-state index is 0.0633. The third kappa shape index (κ3) is 64.9. The zero-order valence-electron chi connectivity index (χ0n) is 52.5. The van der Waals surface area contributed by atoms with Gasteiger partial charge in [-0.3, -0.25) is 14.4 Å². The van der Waals surface area contributed by atoms with Crippen molar-refractivity contribution in [2.24, 2.45) is 0 Å². The summed E-state index contributed by atoms with van der Waals surface area (Å²) in [5.41, 5.74) is 0. The Morgan fingerprint density at radius 1 is 0.247 bits per heavy atom. The second-order valence-electron chi connectivity index (χ2n) is 24.2. The van der Waals surface area contributed by atoms with Crippen LogP contribution in [0.25, 0.3) is 0 Å². The molecule has 6 nitrogen and oxygen atoms in total. The second kappa shape index (κ2) is 66.7. The molecular weight excluding hydrogens is 949 g/mol. The summed E-state index contributed by atoms with van der Waals surface area (Å²) < 4.78 is 16.9. The number of carbonyl (C=O) groups is 3. The summed E-state index contributed by atoms with van der Waals surface area (Å²) in [6.45, 7) is 6.71. The van der Waals surface area contributed by atoms with Crippen molar-refractivity contribution in [3.8, 4) is 0 Å². The van der Waals surface area contributed by atoms with Crippen LogP contribution < -0.4 is 0 Å². The third-order valence-electron chi connectivity index (χ3n) is 16.3. The lowest BCUT2D eigenvalue weighted by Gasteiger charge is -2.18. The molecule has 6 heteroatoms. The first kappa shape index (κ1) is 75.2. The minimum Gasteiger partial charge on any atom is -0.462 e. The molecule has 0 aliphatic heterocycles. The minimum atomic E-state index is -0.765. The van der Waals surface area contributed by atoms with Gasteiger partial charge in [0.25, 0.3) is 0 Å². The smallest absolute Gasteiger partial charge is 0.306 e. The van der Waals surface area contributed by atoms with Crippen LogP contribution in [0.4, 0.5) is 0 Å². The molecule has 0 saturated carbocycles. The molecule has 0 saturated heterocycles. The van der Waals surface area contributed by atoms with Gasteiger partial charge in [-0.1, -0.05) is 354 Å². The van der Waals surface area contributed by atoms with E-state index in [0.29, 0.717) is 19.3 Å². The van der Waals surface area contributed by atoms with E-state index in [9.17, 15) is 14.4 Å². The highest BCUT2D eigenvalue weighted by molar-refractivity contribution is 5.71. The summed E-state index contributed by atoms with van der Waals surface area (Å²) in [7, 11) is 0. The molecule has 0 heterocycles. The van der Waals surface area contributed by atoms with E-state index < -0.39 is 6.10 Å². The standard InChI is InChI=1S/C71H136O6/c1-4-7-10-13-16-19-21-23-25-27-29-31-33-35-37-39-41-43-45-47-49-52-55-58-61-64-70(73)76-67-68(66-75-69(72)63-60-57-54-51-18-15-12-9-6-3)77-71(74)65-62-59-56-53-50-48-46-44-42-40-38-36-34-32-30-28-26-24-22-20-17-14-11-8-5-2/h27,29,68H,4-26,28,30-67H2,1-3H3/b29-27-. The molecule has 0 aliphatic carbocycles. The Morgan fingerprint density at radius 3 is 0.649 bits per heavy atom. The van der Waals surface area contributed by atoms with Gasteiger partial charge in [-0.2, -0.15) is 0 Å². The zero-order valence-corrected chi connectivity index (χ0v) is 52.5. The first-order valence-electron chi connectivity index (χ1n) is 35.2. The van der Waals surface area contributed by atoms with Gasteiger partial charge in [0, 0.05) is 19.3 Å². The van der Waals surface area contributed by atoms with E-state index in [0.717, 1.165) is 57.8 Å². The van der Waals surface area contributed by atoms with Crippen LogP contribution in [-0.4, -0.2) is 37.2 Å². The molecule has 0 amide bonds. The molecular formula is C71H136O6. The molecule has 456 valence electrons. The third-order valence-corrected chi connectivity index (χ3v) is 16.3. The Kier molecular flexibility index (Phi) is 65.1. The lowest BCUT2D eigenvalue weighted by molar-refractivity contribution is -0.167. The summed E-state index contributed by atoms with van der Waals surface area (Å²) >= 11 is 0. The number of hydrogen-bond donors (Lipinski definition) is 0. The largest absolute Gasteiger partial charge is 0.462 e. The van der Waals surface area contributed by atoms with Crippen molar-refractivity contribution < 1.29 is 28.6 Å². The average molecular weight is 1090 g/mol. The number of ether oxygens (including phenoxy) is 3. The quantitative estimate of drug-likeness (QED) is 0.0261. The lowest BCUT2D eigenvalue weighted by Crippen LogP contribution is -2.30. The normalized spacial score (nSPS) is 12.0. The molecule has 0 aromatic heterocycles. The van der Waals surface area contributed by atoms with E-state index >= 15 is 0 Å². The number of carbonyl (C=O) groups excluding carboxylic acids is 3. The SMILES string of the molecule is CCCCCCCCCC/C=C\CCCCCCCCCCCCCCCC(=O)OCC(COC(=O)CCCCCCCCCCC)OC(=O)CCCCCCCCCCCCCCCCCCCCCCCCCCC. The molecule has 0 aromatic carbocycles. The summed E-state index contributed by atoms with van der Waals surface area (Å²) in [6.07, 6.45) is 79.7. The van der Waals surface area contributed by atoms with E-state index in [1.54, 1.807) is 0 Å². The number of rotatable bonds is 66. The van der Waals surface area contributed by atoms with Crippen molar-refractivity contribution in [1.29, 1.82) is 0 Å². The number of unbranched alkanes of at least 4 members (excludes halogenated alkanes) is 53.